The number of aromatic nitrogens is 2. The van der Waals surface area contributed by atoms with Gasteiger partial charge in [-0.05, 0) is 12.8 Å². The van der Waals surface area contributed by atoms with E-state index in [1.165, 1.54) is 24.2 Å². The first-order valence-electron chi connectivity index (χ1n) is 4.57. The van der Waals surface area contributed by atoms with Crippen molar-refractivity contribution in [3.05, 3.63) is 5.51 Å². The molecule has 1 saturated carbocycles. The SMILES string of the molecule is NC1(CNc2nncs2)CCCC1. The van der Waals surface area contributed by atoms with Crippen molar-refractivity contribution in [2.75, 3.05) is 11.9 Å². The molecule has 3 N–H and O–H groups in total. The highest BCUT2D eigenvalue weighted by Crippen LogP contribution is 2.27. The summed E-state index contributed by atoms with van der Waals surface area (Å²) in [6.45, 7) is 0.822. The third kappa shape index (κ3) is 2.16. The first-order chi connectivity index (χ1) is 6.29. The minimum Gasteiger partial charge on any atom is -0.358 e. The number of rotatable bonds is 3. The number of anilines is 1. The van der Waals surface area contributed by atoms with Gasteiger partial charge in [-0.3, -0.25) is 0 Å². The van der Waals surface area contributed by atoms with Crippen molar-refractivity contribution in [3.63, 3.8) is 0 Å². The van der Waals surface area contributed by atoms with Crippen molar-refractivity contribution in [1.29, 1.82) is 0 Å². The standard InChI is InChI=1S/C8H14N4S/c9-8(3-1-2-4-8)5-10-7-12-11-6-13-7/h6H,1-5,9H2,(H,10,12). The van der Waals surface area contributed by atoms with Crippen LogP contribution in [0.4, 0.5) is 5.13 Å². The average molecular weight is 198 g/mol. The molecule has 0 radical (unpaired) electrons. The molecule has 1 aromatic heterocycles. The van der Waals surface area contributed by atoms with E-state index in [2.05, 4.69) is 15.5 Å². The fourth-order valence-electron chi connectivity index (χ4n) is 1.76. The van der Waals surface area contributed by atoms with E-state index in [0.29, 0.717) is 0 Å². The monoisotopic (exact) mass is 198 g/mol. The van der Waals surface area contributed by atoms with E-state index < -0.39 is 0 Å². The number of nitrogens with one attached hydrogen (secondary N) is 1. The molecule has 1 fully saturated rings. The highest BCUT2D eigenvalue weighted by Gasteiger charge is 2.28. The van der Waals surface area contributed by atoms with Gasteiger partial charge in [-0.25, -0.2) is 0 Å². The minimum atomic E-state index is -0.00826. The zero-order chi connectivity index (χ0) is 9.15. The van der Waals surface area contributed by atoms with Gasteiger partial charge in [-0.15, -0.1) is 10.2 Å². The molecule has 0 aliphatic heterocycles. The summed E-state index contributed by atoms with van der Waals surface area (Å²) >= 11 is 1.52. The van der Waals surface area contributed by atoms with Crippen LogP contribution >= 0.6 is 11.3 Å². The molecule has 5 heteroatoms. The van der Waals surface area contributed by atoms with E-state index >= 15 is 0 Å². The van der Waals surface area contributed by atoms with Gasteiger partial charge in [-0.2, -0.15) is 0 Å². The molecular formula is C8H14N4S. The van der Waals surface area contributed by atoms with E-state index in [1.807, 2.05) is 0 Å². The highest BCUT2D eigenvalue weighted by molar-refractivity contribution is 7.13. The number of hydrogen-bond acceptors (Lipinski definition) is 5. The maximum absolute atomic E-state index is 6.17. The molecule has 0 aromatic carbocycles. The van der Waals surface area contributed by atoms with Gasteiger partial charge in [0.15, 0.2) is 0 Å². The minimum absolute atomic E-state index is 0.00826. The van der Waals surface area contributed by atoms with E-state index in [-0.39, 0.29) is 5.54 Å². The van der Waals surface area contributed by atoms with Crippen molar-refractivity contribution in [1.82, 2.24) is 10.2 Å². The number of nitrogens with zero attached hydrogens (tertiary/aromatic N) is 2. The topological polar surface area (TPSA) is 63.8 Å². The first kappa shape index (κ1) is 8.90. The lowest BCUT2D eigenvalue weighted by Gasteiger charge is -2.23. The highest BCUT2D eigenvalue weighted by atomic mass is 32.1. The predicted molar refractivity (Wildman–Crippen MR) is 53.8 cm³/mol. The number of hydrogen-bond donors (Lipinski definition) is 2. The Labute approximate surface area is 81.6 Å². The summed E-state index contributed by atoms with van der Waals surface area (Å²) in [5, 5.41) is 11.8. The van der Waals surface area contributed by atoms with Crippen molar-refractivity contribution < 1.29 is 0 Å². The molecule has 1 aliphatic carbocycles. The largest absolute Gasteiger partial charge is 0.358 e. The van der Waals surface area contributed by atoms with Gasteiger partial charge in [0, 0.05) is 12.1 Å². The van der Waals surface area contributed by atoms with Gasteiger partial charge >= 0.3 is 0 Å². The molecule has 4 nitrogen and oxygen atoms in total. The molecule has 72 valence electrons. The predicted octanol–water partition coefficient (Wildman–Crippen LogP) is 1.22. The van der Waals surface area contributed by atoms with Crippen LogP contribution in [0.25, 0.3) is 0 Å². The van der Waals surface area contributed by atoms with Crippen molar-refractivity contribution in [2.45, 2.75) is 31.2 Å². The van der Waals surface area contributed by atoms with Crippen LogP contribution in [-0.4, -0.2) is 22.3 Å². The summed E-state index contributed by atoms with van der Waals surface area (Å²) in [5.74, 6) is 0. The molecule has 0 atom stereocenters. The molecule has 0 amide bonds. The molecule has 0 unspecified atom stereocenters. The van der Waals surface area contributed by atoms with Gasteiger partial charge in [-0.1, -0.05) is 24.2 Å². The lowest BCUT2D eigenvalue weighted by Crippen LogP contribution is -2.43. The molecule has 0 saturated heterocycles. The van der Waals surface area contributed by atoms with Crippen LogP contribution < -0.4 is 11.1 Å². The Balaban J connectivity index is 1.85. The second-order valence-corrected chi connectivity index (χ2v) is 4.50. The van der Waals surface area contributed by atoms with Crippen LogP contribution in [0, 0.1) is 0 Å². The second-order valence-electron chi connectivity index (χ2n) is 3.67. The van der Waals surface area contributed by atoms with E-state index in [9.17, 15) is 0 Å². The molecule has 0 bridgehead atoms. The maximum atomic E-state index is 6.17. The Hall–Kier alpha value is -0.680. The fraction of sp³-hybridized carbons (Fsp3) is 0.750. The van der Waals surface area contributed by atoms with Crippen LogP contribution in [0.2, 0.25) is 0 Å². The third-order valence-electron chi connectivity index (χ3n) is 2.55. The van der Waals surface area contributed by atoms with Crippen LogP contribution in [0.5, 0.6) is 0 Å². The Morgan fingerprint density at radius 1 is 1.54 bits per heavy atom. The molecule has 1 aromatic rings. The van der Waals surface area contributed by atoms with Crippen LogP contribution in [0.3, 0.4) is 0 Å². The fourth-order valence-corrected chi connectivity index (χ4v) is 2.20. The Morgan fingerprint density at radius 3 is 2.92 bits per heavy atom. The molecular weight excluding hydrogens is 184 g/mol. The van der Waals surface area contributed by atoms with Gasteiger partial charge < -0.3 is 11.1 Å². The average Bonchev–Trinajstić information content (AvgIpc) is 2.72. The smallest absolute Gasteiger partial charge is 0.205 e. The summed E-state index contributed by atoms with van der Waals surface area (Å²) in [6.07, 6.45) is 4.76. The Bertz CT molecular complexity index is 253. The van der Waals surface area contributed by atoms with Crippen LogP contribution in [-0.2, 0) is 0 Å². The summed E-state index contributed by atoms with van der Waals surface area (Å²) in [6, 6.07) is 0. The van der Waals surface area contributed by atoms with Crippen molar-refractivity contribution in [2.24, 2.45) is 5.73 Å². The van der Waals surface area contributed by atoms with Gasteiger partial charge in [0.1, 0.15) is 5.51 Å². The summed E-state index contributed by atoms with van der Waals surface area (Å²) < 4.78 is 0. The van der Waals surface area contributed by atoms with Crippen molar-refractivity contribution >= 4 is 16.5 Å². The van der Waals surface area contributed by atoms with E-state index in [4.69, 9.17) is 5.73 Å². The van der Waals surface area contributed by atoms with Gasteiger partial charge in [0.25, 0.3) is 0 Å². The van der Waals surface area contributed by atoms with Gasteiger partial charge in [0.05, 0.1) is 0 Å². The summed E-state index contributed by atoms with van der Waals surface area (Å²) in [7, 11) is 0. The third-order valence-corrected chi connectivity index (χ3v) is 3.20. The first-order valence-corrected chi connectivity index (χ1v) is 5.45. The van der Waals surface area contributed by atoms with Crippen LogP contribution in [0.1, 0.15) is 25.7 Å². The summed E-state index contributed by atoms with van der Waals surface area (Å²) in [4.78, 5) is 0. The molecule has 1 aliphatic rings. The number of nitrogens with two attached hydrogens (primary N) is 1. The van der Waals surface area contributed by atoms with E-state index in [0.717, 1.165) is 24.5 Å². The molecule has 0 spiro atoms. The lowest BCUT2D eigenvalue weighted by atomic mass is 10.00. The Kier molecular flexibility index (Phi) is 2.46. The second kappa shape index (κ2) is 3.59. The normalized spacial score (nSPS) is 20.4. The van der Waals surface area contributed by atoms with E-state index in [1.54, 1.807) is 5.51 Å². The molecule has 1 heterocycles. The van der Waals surface area contributed by atoms with Crippen LogP contribution in [0.15, 0.2) is 5.51 Å². The Morgan fingerprint density at radius 2 is 2.31 bits per heavy atom. The molecule has 13 heavy (non-hydrogen) atoms. The quantitative estimate of drug-likeness (QED) is 0.766. The zero-order valence-corrected chi connectivity index (χ0v) is 8.31. The maximum Gasteiger partial charge on any atom is 0.205 e. The van der Waals surface area contributed by atoms with Gasteiger partial charge in [0.2, 0.25) is 5.13 Å². The zero-order valence-electron chi connectivity index (χ0n) is 7.49. The summed E-state index contributed by atoms with van der Waals surface area (Å²) in [5.41, 5.74) is 7.88. The van der Waals surface area contributed by atoms with Crippen molar-refractivity contribution in [3.8, 4) is 0 Å². The lowest BCUT2D eigenvalue weighted by molar-refractivity contribution is 0.464. The molecule has 2 rings (SSSR count).